The van der Waals surface area contributed by atoms with E-state index in [1.807, 2.05) is 29.6 Å². The molecule has 0 spiro atoms. The monoisotopic (exact) mass is 410 g/mol. The van der Waals surface area contributed by atoms with Crippen molar-refractivity contribution in [3.8, 4) is 11.5 Å². The van der Waals surface area contributed by atoms with E-state index >= 15 is 0 Å². The summed E-state index contributed by atoms with van der Waals surface area (Å²) >= 11 is 1.38. The molecule has 3 rings (SSSR count). The van der Waals surface area contributed by atoms with E-state index in [-0.39, 0.29) is 11.8 Å². The highest BCUT2D eigenvalue weighted by molar-refractivity contribution is 7.12. The molecule has 0 aliphatic rings. The van der Waals surface area contributed by atoms with Gasteiger partial charge in [0, 0.05) is 17.8 Å². The van der Waals surface area contributed by atoms with Crippen molar-refractivity contribution in [2.24, 2.45) is 0 Å². The zero-order valence-corrected chi connectivity index (χ0v) is 17.0. The predicted octanol–water partition coefficient (Wildman–Crippen LogP) is 4.59. The Bertz CT molecular complexity index is 986. The second kappa shape index (κ2) is 9.75. The smallest absolute Gasteiger partial charge is 0.265 e. The Morgan fingerprint density at radius 2 is 1.66 bits per heavy atom. The predicted molar refractivity (Wildman–Crippen MR) is 115 cm³/mol. The van der Waals surface area contributed by atoms with Gasteiger partial charge < -0.3 is 20.1 Å². The lowest BCUT2D eigenvalue weighted by molar-refractivity contribution is -0.116. The van der Waals surface area contributed by atoms with E-state index < -0.39 is 0 Å². The molecule has 0 bridgehead atoms. The largest absolute Gasteiger partial charge is 0.493 e. The summed E-state index contributed by atoms with van der Waals surface area (Å²) in [6.45, 7) is 0. The number of hydrogen-bond donors (Lipinski definition) is 2. The maximum absolute atomic E-state index is 12.3. The van der Waals surface area contributed by atoms with Crippen LogP contribution in [0.3, 0.4) is 0 Å². The lowest BCUT2D eigenvalue weighted by Gasteiger charge is -2.10. The van der Waals surface area contributed by atoms with Crippen LogP contribution in [-0.4, -0.2) is 26.0 Å². The lowest BCUT2D eigenvalue weighted by Crippen LogP contribution is -2.13. The maximum atomic E-state index is 12.3. The zero-order chi connectivity index (χ0) is 20.6. The minimum Gasteiger partial charge on any atom is -0.493 e. The Hall–Kier alpha value is -3.32. The molecule has 1 aromatic heterocycles. The van der Waals surface area contributed by atoms with Gasteiger partial charge in [0.2, 0.25) is 5.91 Å². The summed E-state index contributed by atoms with van der Waals surface area (Å²) < 4.78 is 10.5. The number of methoxy groups -OCH3 is 2. The van der Waals surface area contributed by atoms with E-state index in [1.54, 1.807) is 44.6 Å². The molecule has 0 saturated carbocycles. The Morgan fingerprint density at radius 1 is 0.897 bits per heavy atom. The number of amides is 2. The highest BCUT2D eigenvalue weighted by atomic mass is 32.1. The highest BCUT2D eigenvalue weighted by Gasteiger charge is 2.09. The summed E-state index contributed by atoms with van der Waals surface area (Å²) in [6.07, 6.45) is 0.891. The Labute approximate surface area is 173 Å². The van der Waals surface area contributed by atoms with Crippen LogP contribution in [0.4, 0.5) is 11.4 Å². The van der Waals surface area contributed by atoms with Crippen LogP contribution in [0.15, 0.2) is 60.0 Å². The number of carbonyl (C=O) groups is 2. The molecule has 150 valence electrons. The topological polar surface area (TPSA) is 76.7 Å². The van der Waals surface area contributed by atoms with Crippen LogP contribution in [0.1, 0.15) is 21.7 Å². The molecule has 0 fully saturated rings. The summed E-state index contributed by atoms with van der Waals surface area (Å²) in [5, 5.41) is 7.55. The van der Waals surface area contributed by atoms with Crippen molar-refractivity contribution < 1.29 is 19.1 Å². The molecule has 29 heavy (non-hydrogen) atoms. The van der Waals surface area contributed by atoms with E-state index in [4.69, 9.17) is 9.47 Å². The molecule has 0 aliphatic carbocycles. The number of anilines is 2. The molecule has 0 aliphatic heterocycles. The summed E-state index contributed by atoms with van der Waals surface area (Å²) in [5.41, 5.74) is 2.24. The molecular weight excluding hydrogens is 388 g/mol. The average Bonchev–Trinajstić information content (AvgIpc) is 3.27. The quantitative estimate of drug-likeness (QED) is 0.569. The first-order chi connectivity index (χ1) is 14.1. The zero-order valence-electron chi connectivity index (χ0n) is 16.2. The van der Waals surface area contributed by atoms with Crippen LogP contribution in [-0.2, 0) is 11.2 Å². The minimum atomic E-state index is -0.170. The van der Waals surface area contributed by atoms with E-state index in [0.29, 0.717) is 40.6 Å². The second-order valence-corrected chi connectivity index (χ2v) is 7.20. The number of hydrogen-bond acceptors (Lipinski definition) is 5. The van der Waals surface area contributed by atoms with Crippen LogP contribution in [0.2, 0.25) is 0 Å². The highest BCUT2D eigenvalue weighted by Crippen LogP contribution is 2.28. The first-order valence-electron chi connectivity index (χ1n) is 9.04. The average molecular weight is 410 g/mol. The first kappa shape index (κ1) is 20.4. The van der Waals surface area contributed by atoms with Gasteiger partial charge in [-0.1, -0.05) is 18.2 Å². The van der Waals surface area contributed by atoms with Gasteiger partial charge in [-0.15, -0.1) is 11.3 Å². The number of ether oxygens (including phenoxy) is 2. The van der Waals surface area contributed by atoms with E-state index in [9.17, 15) is 9.59 Å². The molecule has 0 atom stereocenters. The summed E-state index contributed by atoms with van der Waals surface area (Å²) in [5.74, 6) is 1.01. The molecule has 0 unspecified atom stereocenters. The van der Waals surface area contributed by atoms with Crippen molar-refractivity contribution in [1.82, 2.24) is 0 Å². The molecule has 2 aromatic carbocycles. The van der Waals surface area contributed by atoms with E-state index in [2.05, 4.69) is 10.6 Å². The Balaban J connectivity index is 1.56. The molecular formula is C22H22N2O4S. The van der Waals surface area contributed by atoms with Crippen LogP contribution < -0.4 is 20.1 Å². The van der Waals surface area contributed by atoms with Crippen LogP contribution >= 0.6 is 11.3 Å². The third-order valence-corrected chi connectivity index (χ3v) is 5.11. The Kier molecular flexibility index (Phi) is 6.86. The normalized spacial score (nSPS) is 10.3. The Morgan fingerprint density at radius 3 is 2.34 bits per heavy atom. The number of carbonyl (C=O) groups excluding carboxylic acids is 2. The van der Waals surface area contributed by atoms with Gasteiger partial charge in [0.1, 0.15) is 0 Å². The number of nitrogens with one attached hydrogen (secondary N) is 2. The van der Waals surface area contributed by atoms with Crippen LogP contribution in [0, 0.1) is 0 Å². The van der Waals surface area contributed by atoms with Gasteiger partial charge in [-0.3, -0.25) is 9.59 Å². The van der Waals surface area contributed by atoms with Crippen molar-refractivity contribution in [2.75, 3.05) is 24.9 Å². The third-order valence-electron chi connectivity index (χ3n) is 4.24. The molecule has 1 heterocycles. The van der Waals surface area contributed by atoms with Crippen molar-refractivity contribution in [3.63, 3.8) is 0 Å². The maximum Gasteiger partial charge on any atom is 0.265 e. The molecule has 2 amide bonds. The van der Waals surface area contributed by atoms with Crippen molar-refractivity contribution in [2.45, 2.75) is 12.8 Å². The SMILES string of the molecule is COc1ccc(CCC(=O)Nc2cccc(NC(=O)c3cccs3)c2)cc1OC. The second-order valence-electron chi connectivity index (χ2n) is 6.25. The number of aryl methyl sites for hydroxylation is 1. The van der Waals surface area contributed by atoms with E-state index in [1.165, 1.54) is 11.3 Å². The van der Waals surface area contributed by atoms with Gasteiger partial charge in [0.25, 0.3) is 5.91 Å². The van der Waals surface area contributed by atoms with E-state index in [0.717, 1.165) is 5.56 Å². The molecule has 7 heteroatoms. The fourth-order valence-electron chi connectivity index (χ4n) is 2.79. The minimum absolute atomic E-state index is 0.110. The number of benzene rings is 2. The summed E-state index contributed by atoms with van der Waals surface area (Å²) in [4.78, 5) is 25.1. The molecule has 6 nitrogen and oxygen atoms in total. The molecule has 0 saturated heterocycles. The molecule has 3 aromatic rings. The van der Waals surface area contributed by atoms with Gasteiger partial charge in [0.15, 0.2) is 11.5 Å². The summed E-state index contributed by atoms with van der Waals surface area (Å²) in [7, 11) is 3.17. The standard InChI is InChI=1S/C22H22N2O4S/c1-27-18-10-8-15(13-19(18)28-2)9-11-21(25)23-16-5-3-6-17(14-16)24-22(26)20-7-4-12-29-20/h3-8,10,12-14H,9,11H2,1-2H3,(H,23,25)(H,24,26). The van der Waals surface area contributed by atoms with Crippen molar-refractivity contribution in [3.05, 3.63) is 70.4 Å². The van der Waals surface area contributed by atoms with Crippen LogP contribution in [0.5, 0.6) is 11.5 Å². The van der Waals surface area contributed by atoms with Crippen molar-refractivity contribution in [1.29, 1.82) is 0 Å². The summed E-state index contributed by atoms with van der Waals surface area (Å²) in [6, 6.07) is 16.3. The number of thiophene rings is 1. The van der Waals surface area contributed by atoms with Gasteiger partial charge in [-0.2, -0.15) is 0 Å². The third kappa shape index (κ3) is 5.58. The van der Waals surface area contributed by atoms with Gasteiger partial charge >= 0.3 is 0 Å². The van der Waals surface area contributed by atoms with Gasteiger partial charge in [-0.05, 0) is 53.8 Å². The van der Waals surface area contributed by atoms with Gasteiger partial charge in [0.05, 0.1) is 19.1 Å². The molecule has 0 radical (unpaired) electrons. The number of rotatable bonds is 8. The molecule has 2 N–H and O–H groups in total. The van der Waals surface area contributed by atoms with Crippen molar-refractivity contribution >= 4 is 34.5 Å². The fourth-order valence-corrected chi connectivity index (χ4v) is 3.41. The van der Waals surface area contributed by atoms with Gasteiger partial charge in [-0.25, -0.2) is 0 Å². The first-order valence-corrected chi connectivity index (χ1v) is 9.92. The fraction of sp³-hybridized carbons (Fsp3) is 0.182. The lowest BCUT2D eigenvalue weighted by atomic mass is 10.1. The van der Waals surface area contributed by atoms with Crippen LogP contribution in [0.25, 0.3) is 0 Å².